The van der Waals surface area contributed by atoms with Crippen molar-refractivity contribution in [2.75, 3.05) is 12.4 Å². The van der Waals surface area contributed by atoms with Gasteiger partial charge in [0.15, 0.2) is 11.0 Å². The lowest BCUT2D eigenvalue weighted by atomic mass is 10.2. The summed E-state index contributed by atoms with van der Waals surface area (Å²) in [6.45, 7) is 3.85. The predicted molar refractivity (Wildman–Crippen MR) is 113 cm³/mol. The molecule has 1 aliphatic carbocycles. The highest BCUT2D eigenvalue weighted by Gasteiger charge is 2.31. The second kappa shape index (κ2) is 8.24. The van der Waals surface area contributed by atoms with Crippen LogP contribution in [0.25, 0.3) is 11.4 Å². The molecule has 2 aromatic heterocycles. The molecule has 1 atom stereocenters. The summed E-state index contributed by atoms with van der Waals surface area (Å²) in [4.78, 5) is 17.0. The monoisotopic (exact) mass is 409 g/mol. The number of pyridine rings is 1. The largest absolute Gasteiger partial charge is 0.495 e. The molecule has 1 saturated carbocycles. The number of aromatic nitrogens is 4. The number of benzene rings is 1. The maximum atomic E-state index is 12.8. The lowest BCUT2D eigenvalue weighted by molar-refractivity contribution is -0.115. The molecule has 2 heterocycles. The molecule has 3 aromatic rings. The van der Waals surface area contributed by atoms with Crippen LogP contribution in [0.4, 0.5) is 5.69 Å². The second-order valence-electron chi connectivity index (χ2n) is 7.10. The van der Waals surface area contributed by atoms with Crippen molar-refractivity contribution in [1.82, 2.24) is 19.7 Å². The maximum Gasteiger partial charge on any atom is 0.237 e. The van der Waals surface area contributed by atoms with Gasteiger partial charge in [-0.15, -0.1) is 10.2 Å². The first-order valence-electron chi connectivity index (χ1n) is 9.54. The zero-order valence-corrected chi connectivity index (χ0v) is 17.4. The molecule has 1 aromatic carbocycles. The number of nitrogens with one attached hydrogen (secondary N) is 1. The van der Waals surface area contributed by atoms with Crippen molar-refractivity contribution in [2.24, 2.45) is 0 Å². The number of carbonyl (C=O) groups excluding carboxylic acids is 1. The summed E-state index contributed by atoms with van der Waals surface area (Å²) >= 11 is 1.42. The summed E-state index contributed by atoms with van der Waals surface area (Å²) < 4.78 is 7.49. The molecule has 1 amide bonds. The van der Waals surface area contributed by atoms with Gasteiger partial charge >= 0.3 is 0 Å². The average Bonchev–Trinajstić information content (AvgIpc) is 3.48. The molecule has 0 spiro atoms. The van der Waals surface area contributed by atoms with E-state index in [0.717, 1.165) is 34.9 Å². The summed E-state index contributed by atoms with van der Waals surface area (Å²) in [5.41, 5.74) is 2.65. The molecule has 29 heavy (non-hydrogen) atoms. The van der Waals surface area contributed by atoms with Crippen LogP contribution in [0.5, 0.6) is 5.75 Å². The Labute approximate surface area is 173 Å². The smallest absolute Gasteiger partial charge is 0.237 e. The van der Waals surface area contributed by atoms with Crippen molar-refractivity contribution >= 4 is 23.4 Å². The summed E-state index contributed by atoms with van der Waals surface area (Å²) in [6, 6.07) is 9.96. The standard InChI is InChI=1S/C21H23N5O2S/c1-13-6-9-18(28-3)17(11-13)23-20(27)14(2)29-21-25-24-19(26(21)16-7-8-16)15-5-4-10-22-12-15/h4-6,9-12,14,16H,7-8H2,1-3H3,(H,23,27)/t14-/m0/s1. The van der Waals surface area contributed by atoms with Crippen LogP contribution in [-0.4, -0.2) is 38.0 Å². The molecule has 1 fully saturated rings. The molecule has 7 nitrogen and oxygen atoms in total. The van der Waals surface area contributed by atoms with E-state index in [1.54, 1.807) is 19.5 Å². The number of anilines is 1. The summed E-state index contributed by atoms with van der Waals surface area (Å²) in [5.74, 6) is 1.34. The van der Waals surface area contributed by atoms with E-state index in [2.05, 4.69) is 25.1 Å². The van der Waals surface area contributed by atoms with Crippen molar-refractivity contribution in [3.05, 3.63) is 48.3 Å². The van der Waals surface area contributed by atoms with Crippen LogP contribution < -0.4 is 10.1 Å². The summed E-state index contributed by atoms with van der Waals surface area (Å²) in [5, 5.41) is 12.1. The van der Waals surface area contributed by atoms with E-state index >= 15 is 0 Å². The van der Waals surface area contributed by atoms with Gasteiger partial charge in [-0.2, -0.15) is 0 Å². The van der Waals surface area contributed by atoms with Gasteiger partial charge in [0.25, 0.3) is 0 Å². The third-order valence-corrected chi connectivity index (χ3v) is 5.82. The number of methoxy groups -OCH3 is 1. The molecule has 1 aliphatic rings. The zero-order valence-electron chi connectivity index (χ0n) is 16.6. The third kappa shape index (κ3) is 4.27. The van der Waals surface area contributed by atoms with Gasteiger partial charge in [0.1, 0.15) is 5.75 Å². The van der Waals surface area contributed by atoms with Crippen LogP contribution in [0.15, 0.2) is 47.9 Å². The van der Waals surface area contributed by atoms with Crippen molar-refractivity contribution < 1.29 is 9.53 Å². The Bertz CT molecular complexity index is 1020. The predicted octanol–water partition coefficient (Wildman–Crippen LogP) is 4.11. The number of thioether (sulfide) groups is 1. The normalized spacial score (nSPS) is 14.4. The highest BCUT2D eigenvalue weighted by molar-refractivity contribution is 8.00. The molecular weight excluding hydrogens is 386 g/mol. The van der Waals surface area contributed by atoms with Crippen LogP contribution >= 0.6 is 11.8 Å². The Morgan fingerprint density at radius 3 is 2.83 bits per heavy atom. The Kier molecular flexibility index (Phi) is 5.53. The number of rotatable bonds is 7. The van der Waals surface area contributed by atoms with E-state index in [1.807, 2.05) is 44.2 Å². The highest BCUT2D eigenvalue weighted by Crippen LogP contribution is 2.41. The number of nitrogens with zero attached hydrogens (tertiary/aromatic N) is 4. The number of carbonyl (C=O) groups is 1. The minimum atomic E-state index is -0.344. The van der Waals surface area contributed by atoms with E-state index in [9.17, 15) is 4.79 Å². The second-order valence-corrected chi connectivity index (χ2v) is 8.41. The molecular formula is C21H23N5O2S. The van der Waals surface area contributed by atoms with Crippen LogP contribution in [0, 0.1) is 6.92 Å². The van der Waals surface area contributed by atoms with Crippen molar-refractivity contribution in [3.63, 3.8) is 0 Å². The van der Waals surface area contributed by atoms with Crippen LogP contribution in [0.2, 0.25) is 0 Å². The van der Waals surface area contributed by atoms with Gasteiger partial charge in [-0.3, -0.25) is 14.3 Å². The van der Waals surface area contributed by atoms with Crippen LogP contribution in [0.3, 0.4) is 0 Å². The van der Waals surface area contributed by atoms with Gasteiger partial charge < -0.3 is 10.1 Å². The first-order valence-corrected chi connectivity index (χ1v) is 10.4. The van der Waals surface area contributed by atoms with Gasteiger partial charge in [0.05, 0.1) is 18.0 Å². The van der Waals surface area contributed by atoms with Crippen LogP contribution in [-0.2, 0) is 4.79 Å². The quantitative estimate of drug-likeness (QED) is 0.592. The van der Waals surface area contributed by atoms with E-state index in [0.29, 0.717) is 17.5 Å². The molecule has 0 bridgehead atoms. The van der Waals surface area contributed by atoms with Crippen molar-refractivity contribution in [2.45, 2.75) is 43.1 Å². The van der Waals surface area contributed by atoms with Gasteiger partial charge in [-0.1, -0.05) is 17.8 Å². The lowest BCUT2D eigenvalue weighted by Gasteiger charge is -2.15. The zero-order chi connectivity index (χ0) is 20.4. The van der Waals surface area contributed by atoms with Crippen molar-refractivity contribution in [3.8, 4) is 17.1 Å². The van der Waals surface area contributed by atoms with Gasteiger partial charge in [-0.05, 0) is 56.5 Å². The van der Waals surface area contributed by atoms with E-state index < -0.39 is 0 Å². The van der Waals surface area contributed by atoms with Gasteiger partial charge in [0.2, 0.25) is 5.91 Å². The summed E-state index contributed by atoms with van der Waals surface area (Å²) in [6.07, 6.45) is 5.72. The topological polar surface area (TPSA) is 81.9 Å². The fraction of sp³-hybridized carbons (Fsp3) is 0.333. The number of aryl methyl sites for hydroxylation is 1. The summed E-state index contributed by atoms with van der Waals surface area (Å²) in [7, 11) is 1.59. The molecule has 0 radical (unpaired) electrons. The minimum absolute atomic E-state index is 0.104. The minimum Gasteiger partial charge on any atom is -0.495 e. The number of hydrogen-bond acceptors (Lipinski definition) is 6. The lowest BCUT2D eigenvalue weighted by Crippen LogP contribution is -2.23. The molecule has 0 saturated heterocycles. The molecule has 0 aliphatic heterocycles. The van der Waals surface area contributed by atoms with E-state index in [4.69, 9.17) is 4.74 Å². The molecule has 150 valence electrons. The Morgan fingerprint density at radius 1 is 1.31 bits per heavy atom. The van der Waals surface area contributed by atoms with Crippen molar-refractivity contribution in [1.29, 1.82) is 0 Å². The van der Waals surface area contributed by atoms with Gasteiger partial charge in [0, 0.05) is 24.0 Å². The first kappa shape index (κ1) is 19.4. The fourth-order valence-corrected chi connectivity index (χ4v) is 4.00. The Balaban J connectivity index is 1.53. The fourth-order valence-electron chi connectivity index (χ4n) is 3.08. The van der Waals surface area contributed by atoms with Crippen LogP contribution in [0.1, 0.15) is 31.4 Å². The van der Waals surface area contributed by atoms with E-state index in [1.165, 1.54) is 11.8 Å². The third-order valence-electron chi connectivity index (χ3n) is 4.76. The highest BCUT2D eigenvalue weighted by atomic mass is 32.2. The maximum absolute atomic E-state index is 12.8. The number of hydrogen-bond donors (Lipinski definition) is 1. The SMILES string of the molecule is COc1ccc(C)cc1NC(=O)[C@H](C)Sc1nnc(-c2cccnc2)n1C1CC1. The Morgan fingerprint density at radius 2 is 2.14 bits per heavy atom. The Hall–Kier alpha value is -2.87. The molecule has 8 heteroatoms. The van der Waals surface area contributed by atoms with E-state index in [-0.39, 0.29) is 11.2 Å². The molecule has 1 N–H and O–H groups in total. The number of ether oxygens (including phenoxy) is 1. The first-order chi connectivity index (χ1) is 14.1. The molecule has 4 rings (SSSR count). The molecule has 0 unspecified atom stereocenters. The van der Waals surface area contributed by atoms with Gasteiger partial charge in [-0.25, -0.2) is 0 Å². The average molecular weight is 410 g/mol. The number of amides is 1.